The van der Waals surface area contributed by atoms with Gasteiger partial charge >= 0.3 is 0 Å². The van der Waals surface area contributed by atoms with E-state index < -0.39 is 0 Å². The number of methoxy groups -OCH3 is 1. The molecule has 0 unspecified atom stereocenters. The van der Waals surface area contributed by atoms with Crippen LogP contribution in [0.2, 0.25) is 0 Å². The van der Waals surface area contributed by atoms with Gasteiger partial charge in [0.2, 0.25) is 11.7 Å². The summed E-state index contributed by atoms with van der Waals surface area (Å²) in [4.78, 5) is 8.98. The van der Waals surface area contributed by atoms with E-state index in [1.165, 1.54) is 5.56 Å². The Kier molecular flexibility index (Phi) is 5.51. The van der Waals surface area contributed by atoms with Gasteiger partial charge in [0.1, 0.15) is 11.4 Å². The third-order valence-electron chi connectivity index (χ3n) is 5.43. The van der Waals surface area contributed by atoms with E-state index in [0.29, 0.717) is 34.6 Å². The van der Waals surface area contributed by atoms with Gasteiger partial charge < -0.3 is 14.6 Å². The van der Waals surface area contributed by atoms with Crippen LogP contribution < -0.4 is 10.1 Å². The first-order valence-electron chi connectivity index (χ1n) is 10.8. The van der Waals surface area contributed by atoms with Gasteiger partial charge in [-0.15, -0.1) is 16.9 Å². The molecule has 0 amide bonds. The molecule has 10 nitrogen and oxygen atoms in total. The summed E-state index contributed by atoms with van der Waals surface area (Å²) in [5.41, 5.74) is 4.43. The summed E-state index contributed by atoms with van der Waals surface area (Å²) >= 11 is 1.70. The second kappa shape index (κ2) is 9.11. The Hall–Kier alpha value is -4.38. The van der Waals surface area contributed by atoms with Crippen molar-refractivity contribution in [2.75, 3.05) is 12.4 Å². The molecule has 0 atom stereocenters. The van der Waals surface area contributed by atoms with Gasteiger partial charge in [0.15, 0.2) is 11.5 Å². The van der Waals surface area contributed by atoms with Crippen LogP contribution in [-0.2, 0) is 11.5 Å². The lowest BCUT2D eigenvalue weighted by molar-refractivity contribution is 0.391. The summed E-state index contributed by atoms with van der Waals surface area (Å²) in [5, 5.41) is 20.2. The minimum atomic E-state index is 0.446. The summed E-state index contributed by atoms with van der Waals surface area (Å²) < 4.78 is 12.4. The largest absolute Gasteiger partial charge is 0.497 e. The zero-order chi connectivity index (χ0) is 23.6. The number of ether oxygens (including phenoxy) is 1. The summed E-state index contributed by atoms with van der Waals surface area (Å²) in [6.45, 7) is 0. The molecular formula is C24H20N8O2S. The maximum absolute atomic E-state index is 5.48. The molecule has 0 radical (unpaired) electrons. The number of anilines is 2. The second-order valence-corrected chi connectivity index (χ2v) is 8.77. The number of rotatable bonds is 8. The van der Waals surface area contributed by atoms with E-state index >= 15 is 0 Å². The highest BCUT2D eigenvalue weighted by Gasteiger charge is 2.15. The predicted octanol–water partition coefficient (Wildman–Crippen LogP) is 4.84. The van der Waals surface area contributed by atoms with Gasteiger partial charge in [0.25, 0.3) is 0 Å². The molecule has 2 N–H and O–H groups in total. The standard InChI is InChI=1S/C24H20N8O2S/c1-33-18-5-2-15(3-6-18)13-35-14-23-28-24(31-34-23)20-12-25-22-9-8-21(30-32(20)22)27-17-4-7-19-16(10-17)11-26-29-19/h2-12H,13-14H2,1H3,(H,26,29)(H,27,30). The maximum atomic E-state index is 5.48. The van der Waals surface area contributed by atoms with Crippen LogP contribution in [0.4, 0.5) is 11.5 Å². The number of hydrogen-bond donors (Lipinski definition) is 2. The number of benzene rings is 2. The first-order chi connectivity index (χ1) is 17.2. The van der Waals surface area contributed by atoms with Crippen molar-refractivity contribution in [2.24, 2.45) is 0 Å². The monoisotopic (exact) mass is 484 g/mol. The van der Waals surface area contributed by atoms with Crippen molar-refractivity contribution < 1.29 is 9.26 Å². The number of H-pyrrole nitrogens is 1. The minimum absolute atomic E-state index is 0.446. The molecule has 0 saturated heterocycles. The molecule has 4 aromatic heterocycles. The Morgan fingerprint density at radius 3 is 2.86 bits per heavy atom. The van der Waals surface area contributed by atoms with Gasteiger partial charge in [-0.3, -0.25) is 5.10 Å². The Balaban J connectivity index is 1.17. The lowest BCUT2D eigenvalue weighted by atomic mass is 10.2. The number of aromatic nitrogens is 7. The molecule has 0 aliphatic heterocycles. The molecule has 6 aromatic rings. The number of nitrogens with zero attached hydrogens (tertiary/aromatic N) is 6. The number of fused-ring (bicyclic) bond motifs is 2. The van der Waals surface area contributed by atoms with Crippen LogP contribution in [0.5, 0.6) is 5.75 Å². The molecular weight excluding hydrogens is 464 g/mol. The van der Waals surface area contributed by atoms with E-state index in [0.717, 1.165) is 28.1 Å². The van der Waals surface area contributed by atoms with E-state index in [-0.39, 0.29) is 0 Å². The summed E-state index contributed by atoms with van der Waals surface area (Å²) in [7, 11) is 1.66. The zero-order valence-corrected chi connectivity index (χ0v) is 19.5. The van der Waals surface area contributed by atoms with Crippen LogP contribution in [0.15, 0.2) is 71.5 Å². The fourth-order valence-electron chi connectivity index (χ4n) is 3.66. The van der Waals surface area contributed by atoms with E-state index in [1.54, 1.807) is 35.8 Å². The molecule has 174 valence electrons. The van der Waals surface area contributed by atoms with E-state index in [2.05, 4.69) is 35.7 Å². The molecule has 4 heterocycles. The van der Waals surface area contributed by atoms with Crippen molar-refractivity contribution in [3.05, 3.63) is 78.4 Å². The van der Waals surface area contributed by atoms with Crippen LogP contribution in [-0.4, -0.2) is 42.0 Å². The number of thioether (sulfide) groups is 1. The first kappa shape index (κ1) is 21.2. The Morgan fingerprint density at radius 1 is 1.06 bits per heavy atom. The highest BCUT2D eigenvalue weighted by atomic mass is 32.2. The molecule has 0 aliphatic rings. The smallest absolute Gasteiger partial charge is 0.237 e. The number of imidazole rings is 1. The first-order valence-corrected chi connectivity index (χ1v) is 12.0. The van der Waals surface area contributed by atoms with Gasteiger partial charge in [-0.05, 0) is 48.0 Å². The molecule has 6 rings (SSSR count). The van der Waals surface area contributed by atoms with Crippen molar-refractivity contribution in [2.45, 2.75) is 11.5 Å². The fourth-order valence-corrected chi connectivity index (χ4v) is 4.48. The molecule has 2 aromatic carbocycles. The van der Waals surface area contributed by atoms with Gasteiger partial charge in [-0.1, -0.05) is 17.3 Å². The van der Waals surface area contributed by atoms with Crippen LogP contribution in [0, 0.1) is 0 Å². The van der Waals surface area contributed by atoms with E-state index in [9.17, 15) is 0 Å². The topological polar surface area (TPSA) is 119 Å². The fraction of sp³-hybridized carbons (Fsp3) is 0.125. The average Bonchev–Trinajstić information content (AvgIpc) is 3.63. The van der Waals surface area contributed by atoms with Crippen molar-refractivity contribution in [3.8, 4) is 17.3 Å². The van der Waals surface area contributed by atoms with E-state index in [4.69, 9.17) is 9.26 Å². The highest BCUT2D eigenvalue weighted by Crippen LogP contribution is 2.24. The second-order valence-electron chi connectivity index (χ2n) is 7.78. The van der Waals surface area contributed by atoms with Crippen LogP contribution in [0.1, 0.15) is 11.5 Å². The maximum Gasteiger partial charge on any atom is 0.237 e. The number of nitrogens with one attached hydrogen (secondary N) is 2. The summed E-state index contributed by atoms with van der Waals surface area (Å²) in [6.07, 6.45) is 3.48. The quantitative estimate of drug-likeness (QED) is 0.313. The third kappa shape index (κ3) is 4.41. The normalized spacial score (nSPS) is 11.3. The zero-order valence-electron chi connectivity index (χ0n) is 18.7. The lowest BCUT2D eigenvalue weighted by Crippen LogP contribution is -2.00. The summed E-state index contributed by atoms with van der Waals surface area (Å²) in [6, 6.07) is 17.7. The van der Waals surface area contributed by atoms with Crippen LogP contribution in [0.3, 0.4) is 0 Å². The molecule has 0 spiro atoms. The summed E-state index contributed by atoms with van der Waals surface area (Å²) in [5.74, 6) is 3.95. The average molecular weight is 485 g/mol. The Bertz CT molecular complexity index is 1610. The Morgan fingerprint density at radius 2 is 1.97 bits per heavy atom. The third-order valence-corrected chi connectivity index (χ3v) is 6.41. The Labute approximate surface area is 203 Å². The van der Waals surface area contributed by atoms with Crippen LogP contribution in [0.25, 0.3) is 28.1 Å². The molecule has 35 heavy (non-hydrogen) atoms. The number of aromatic amines is 1. The predicted molar refractivity (Wildman–Crippen MR) is 134 cm³/mol. The molecule has 0 aliphatic carbocycles. The minimum Gasteiger partial charge on any atom is -0.497 e. The van der Waals surface area contributed by atoms with Gasteiger partial charge in [-0.2, -0.15) is 10.1 Å². The highest BCUT2D eigenvalue weighted by molar-refractivity contribution is 7.97. The van der Waals surface area contributed by atoms with Gasteiger partial charge in [-0.25, -0.2) is 9.50 Å². The van der Waals surface area contributed by atoms with Gasteiger partial charge in [0, 0.05) is 16.8 Å². The van der Waals surface area contributed by atoms with Gasteiger partial charge in [0.05, 0.1) is 30.8 Å². The van der Waals surface area contributed by atoms with Crippen molar-refractivity contribution in [1.82, 2.24) is 34.9 Å². The van der Waals surface area contributed by atoms with Crippen molar-refractivity contribution in [3.63, 3.8) is 0 Å². The number of hydrogen-bond acceptors (Lipinski definition) is 9. The van der Waals surface area contributed by atoms with Crippen molar-refractivity contribution >= 4 is 39.8 Å². The molecule has 0 fully saturated rings. The van der Waals surface area contributed by atoms with Crippen molar-refractivity contribution in [1.29, 1.82) is 0 Å². The molecule has 11 heteroatoms. The lowest BCUT2D eigenvalue weighted by Gasteiger charge is -2.06. The molecule has 0 saturated carbocycles. The van der Waals surface area contributed by atoms with E-state index in [1.807, 2.05) is 54.6 Å². The molecule has 0 bridgehead atoms. The van der Waals surface area contributed by atoms with Crippen LogP contribution >= 0.6 is 11.8 Å². The SMILES string of the molecule is COc1ccc(CSCc2nc(-c3cnc4ccc(Nc5ccc6[nH]ncc6c5)nn34)no2)cc1.